The molecule has 2 heterocycles. The van der Waals surface area contributed by atoms with Gasteiger partial charge in [0.15, 0.2) is 5.69 Å². The van der Waals surface area contributed by atoms with Crippen LogP contribution in [0.25, 0.3) is 0 Å². The van der Waals surface area contributed by atoms with Crippen molar-refractivity contribution in [1.29, 1.82) is 0 Å². The van der Waals surface area contributed by atoms with Crippen molar-refractivity contribution in [2.75, 3.05) is 13.1 Å². The third kappa shape index (κ3) is 2.16. The Morgan fingerprint density at radius 1 is 1.35 bits per heavy atom. The number of carbonyl (C=O) groups is 1. The highest BCUT2D eigenvalue weighted by Gasteiger charge is 2.37. The van der Waals surface area contributed by atoms with Crippen molar-refractivity contribution >= 4 is 17.5 Å². The zero-order chi connectivity index (χ0) is 14.4. The summed E-state index contributed by atoms with van der Waals surface area (Å²) >= 11 is 6.22. The van der Waals surface area contributed by atoms with E-state index >= 15 is 0 Å². The number of nitrogens with zero attached hydrogens (tertiary/aromatic N) is 3. The lowest BCUT2D eigenvalue weighted by atomic mass is 9.83. The largest absolute Gasteiger partial charge is 0.337 e. The van der Waals surface area contributed by atoms with E-state index in [4.69, 9.17) is 11.6 Å². The first-order valence-electron chi connectivity index (χ1n) is 7.11. The Morgan fingerprint density at radius 3 is 2.70 bits per heavy atom. The fourth-order valence-electron chi connectivity index (χ4n) is 3.32. The molecule has 0 unspecified atom stereocenters. The highest BCUT2D eigenvalue weighted by molar-refractivity contribution is 6.34. The molecule has 1 aliphatic carbocycles. The van der Waals surface area contributed by atoms with Crippen LogP contribution in [-0.4, -0.2) is 33.7 Å². The first-order valence-corrected chi connectivity index (χ1v) is 7.49. The lowest BCUT2D eigenvalue weighted by Crippen LogP contribution is -2.29. The molecule has 1 saturated heterocycles. The molecule has 0 bridgehead atoms. The number of hydrogen-bond donors (Lipinski definition) is 0. The van der Waals surface area contributed by atoms with Gasteiger partial charge in [0.1, 0.15) is 0 Å². The zero-order valence-electron chi connectivity index (χ0n) is 12.2. The van der Waals surface area contributed by atoms with Gasteiger partial charge in [-0.2, -0.15) is 5.10 Å². The molecule has 0 spiro atoms. The average molecular weight is 294 g/mol. The van der Waals surface area contributed by atoms with Gasteiger partial charge in [-0.25, -0.2) is 0 Å². The summed E-state index contributed by atoms with van der Waals surface area (Å²) in [5.74, 6) is 1.18. The molecule has 0 radical (unpaired) electrons. The highest BCUT2D eigenvalue weighted by Crippen LogP contribution is 2.36. The molecule has 1 amide bonds. The Balaban J connectivity index is 1.78. The molecule has 1 fully saturated rings. The lowest BCUT2D eigenvalue weighted by Gasteiger charge is -2.21. The third-order valence-electron chi connectivity index (χ3n) is 4.68. The van der Waals surface area contributed by atoms with Crippen molar-refractivity contribution in [3.8, 4) is 0 Å². The molecule has 3 rings (SSSR count). The molecule has 0 aromatic carbocycles. The van der Waals surface area contributed by atoms with Crippen LogP contribution in [-0.2, 0) is 7.05 Å². The number of fused-ring (bicyclic) bond motifs is 1. The first-order chi connectivity index (χ1) is 9.47. The molecular weight excluding hydrogens is 274 g/mol. The van der Waals surface area contributed by atoms with Crippen molar-refractivity contribution in [3.63, 3.8) is 0 Å². The summed E-state index contributed by atoms with van der Waals surface area (Å²) in [4.78, 5) is 14.5. The maximum absolute atomic E-state index is 12.6. The van der Waals surface area contributed by atoms with E-state index in [1.807, 2.05) is 18.9 Å². The highest BCUT2D eigenvalue weighted by atomic mass is 35.5. The summed E-state index contributed by atoms with van der Waals surface area (Å²) in [6.07, 6.45) is 4.52. The number of aromatic nitrogens is 2. The summed E-state index contributed by atoms with van der Waals surface area (Å²) in [6, 6.07) is 0. The molecule has 20 heavy (non-hydrogen) atoms. The van der Waals surface area contributed by atoms with Crippen LogP contribution in [0, 0.1) is 18.8 Å². The number of carbonyl (C=O) groups excluding carboxylic acids is 1. The summed E-state index contributed by atoms with van der Waals surface area (Å²) in [5, 5.41) is 4.75. The Kier molecular flexibility index (Phi) is 3.36. The van der Waals surface area contributed by atoms with Crippen molar-refractivity contribution in [2.45, 2.75) is 26.7 Å². The predicted molar refractivity (Wildman–Crippen MR) is 78.8 cm³/mol. The third-order valence-corrected chi connectivity index (χ3v) is 5.13. The van der Waals surface area contributed by atoms with Crippen LogP contribution < -0.4 is 0 Å². The van der Waals surface area contributed by atoms with Gasteiger partial charge in [0.05, 0.1) is 10.7 Å². The van der Waals surface area contributed by atoms with Crippen LogP contribution in [0.5, 0.6) is 0 Å². The van der Waals surface area contributed by atoms with E-state index in [1.54, 1.807) is 4.68 Å². The van der Waals surface area contributed by atoms with Gasteiger partial charge in [-0.05, 0) is 38.5 Å². The second kappa shape index (κ2) is 4.92. The molecular formula is C15H20ClN3O. The molecule has 5 heteroatoms. The molecule has 1 aromatic rings. The number of likely N-dealkylation sites (tertiary alicyclic amines) is 1. The molecule has 2 atom stereocenters. The SMILES string of the molecule is CC1=CC[C@@H]2CN(C(=O)c3nn(C)c(C)c3Cl)C[C@@H]2C1. The van der Waals surface area contributed by atoms with Crippen LogP contribution in [0.4, 0.5) is 0 Å². The Bertz CT molecular complexity index is 590. The van der Waals surface area contributed by atoms with E-state index in [2.05, 4.69) is 18.1 Å². The minimum absolute atomic E-state index is 0.0225. The number of allylic oxidation sites excluding steroid dienone is 2. The van der Waals surface area contributed by atoms with E-state index < -0.39 is 0 Å². The Morgan fingerprint density at radius 2 is 2.05 bits per heavy atom. The second-order valence-corrected chi connectivity index (χ2v) is 6.47. The molecule has 0 N–H and O–H groups in total. The first kappa shape index (κ1) is 13.7. The van der Waals surface area contributed by atoms with E-state index in [1.165, 1.54) is 5.57 Å². The van der Waals surface area contributed by atoms with Gasteiger partial charge in [-0.1, -0.05) is 23.3 Å². The van der Waals surface area contributed by atoms with E-state index in [0.717, 1.165) is 31.6 Å². The maximum Gasteiger partial charge on any atom is 0.275 e. The quantitative estimate of drug-likeness (QED) is 0.747. The van der Waals surface area contributed by atoms with Gasteiger partial charge < -0.3 is 4.90 Å². The van der Waals surface area contributed by atoms with Gasteiger partial charge >= 0.3 is 0 Å². The minimum Gasteiger partial charge on any atom is -0.337 e. The normalized spacial score (nSPS) is 25.6. The molecule has 1 aromatic heterocycles. The lowest BCUT2D eigenvalue weighted by molar-refractivity contribution is 0.0777. The fourth-order valence-corrected chi connectivity index (χ4v) is 3.56. The van der Waals surface area contributed by atoms with Gasteiger partial charge in [0, 0.05) is 20.1 Å². The fraction of sp³-hybridized carbons (Fsp3) is 0.600. The van der Waals surface area contributed by atoms with Gasteiger partial charge in [0.25, 0.3) is 5.91 Å². The summed E-state index contributed by atoms with van der Waals surface area (Å²) < 4.78 is 1.67. The van der Waals surface area contributed by atoms with Gasteiger partial charge in [-0.3, -0.25) is 9.48 Å². The van der Waals surface area contributed by atoms with Crippen LogP contribution in [0.1, 0.15) is 35.9 Å². The Hall–Kier alpha value is -1.29. The average Bonchev–Trinajstić information content (AvgIpc) is 2.94. The second-order valence-electron chi connectivity index (χ2n) is 6.09. The summed E-state index contributed by atoms with van der Waals surface area (Å²) in [6.45, 7) is 5.72. The number of hydrogen-bond acceptors (Lipinski definition) is 2. The monoisotopic (exact) mass is 293 g/mol. The molecule has 2 aliphatic rings. The molecule has 4 nitrogen and oxygen atoms in total. The summed E-state index contributed by atoms with van der Waals surface area (Å²) in [5.41, 5.74) is 2.69. The standard InChI is InChI=1S/C15H20ClN3O/c1-9-4-5-11-7-19(8-12(11)6-9)15(20)14-13(16)10(2)18(3)17-14/h4,11-12H,5-8H2,1-3H3/t11-,12+/m1/s1. The minimum atomic E-state index is -0.0225. The van der Waals surface area contributed by atoms with Crippen LogP contribution in [0.15, 0.2) is 11.6 Å². The van der Waals surface area contributed by atoms with E-state index in [0.29, 0.717) is 22.6 Å². The van der Waals surface area contributed by atoms with Crippen LogP contribution in [0.3, 0.4) is 0 Å². The molecule has 108 valence electrons. The predicted octanol–water partition coefficient (Wildman–Crippen LogP) is 2.81. The summed E-state index contributed by atoms with van der Waals surface area (Å²) in [7, 11) is 1.81. The van der Waals surface area contributed by atoms with Crippen molar-refractivity contribution in [2.24, 2.45) is 18.9 Å². The van der Waals surface area contributed by atoms with Crippen molar-refractivity contribution < 1.29 is 4.79 Å². The molecule has 0 saturated carbocycles. The van der Waals surface area contributed by atoms with Gasteiger partial charge in [-0.15, -0.1) is 0 Å². The number of amides is 1. The van der Waals surface area contributed by atoms with Crippen LogP contribution in [0.2, 0.25) is 5.02 Å². The smallest absolute Gasteiger partial charge is 0.275 e. The molecule has 1 aliphatic heterocycles. The van der Waals surface area contributed by atoms with Gasteiger partial charge in [0.2, 0.25) is 0 Å². The zero-order valence-corrected chi connectivity index (χ0v) is 12.9. The van der Waals surface area contributed by atoms with E-state index in [-0.39, 0.29) is 5.91 Å². The van der Waals surface area contributed by atoms with E-state index in [9.17, 15) is 4.79 Å². The number of rotatable bonds is 1. The Labute approximate surface area is 124 Å². The number of aryl methyl sites for hydroxylation is 1. The number of halogens is 1. The topological polar surface area (TPSA) is 38.1 Å². The van der Waals surface area contributed by atoms with Crippen molar-refractivity contribution in [1.82, 2.24) is 14.7 Å². The van der Waals surface area contributed by atoms with Crippen molar-refractivity contribution in [3.05, 3.63) is 28.1 Å². The maximum atomic E-state index is 12.6. The van der Waals surface area contributed by atoms with Crippen LogP contribution >= 0.6 is 11.6 Å².